The fourth-order valence-electron chi connectivity index (χ4n) is 3.65. The molecule has 0 aliphatic heterocycles. The van der Waals surface area contributed by atoms with E-state index >= 15 is 0 Å². The Bertz CT molecular complexity index is 486. The Morgan fingerprint density at radius 3 is 2.35 bits per heavy atom. The summed E-state index contributed by atoms with van der Waals surface area (Å²) in [6, 6.07) is 3.08. The molecular formula is C16H23NO3. The lowest BCUT2D eigenvalue weighted by Crippen LogP contribution is -2.35. The molecule has 3 rings (SSSR count). The van der Waals surface area contributed by atoms with Crippen LogP contribution in [-0.2, 0) is 0 Å². The fourth-order valence-corrected chi connectivity index (χ4v) is 3.65. The first-order chi connectivity index (χ1) is 9.29. The van der Waals surface area contributed by atoms with Gasteiger partial charge in [0.25, 0.3) is 0 Å². The molecule has 110 valence electrons. The molecule has 2 fully saturated rings. The van der Waals surface area contributed by atoms with Gasteiger partial charge in [-0.15, -0.1) is 0 Å². The lowest BCUT2D eigenvalue weighted by atomic mass is 9.70. The Hall–Kier alpha value is -1.42. The molecule has 3 atom stereocenters. The van der Waals surface area contributed by atoms with Crippen LogP contribution in [0.5, 0.6) is 0 Å². The molecule has 0 aromatic carbocycles. The maximum atomic E-state index is 10.2. The van der Waals surface area contributed by atoms with Crippen LogP contribution in [0.25, 0.3) is 0 Å². The molecule has 2 aliphatic rings. The van der Waals surface area contributed by atoms with Crippen molar-refractivity contribution in [3.05, 3.63) is 30.1 Å². The summed E-state index contributed by atoms with van der Waals surface area (Å²) in [6.45, 7) is 6.90. The zero-order valence-electron chi connectivity index (χ0n) is 12.3. The van der Waals surface area contributed by atoms with Gasteiger partial charge in [0.1, 0.15) is 0 Å². The molecule has 4 heteroatoms. The number of fused-ring (bicyclic) bond motifs is 2. The number of aromatic carboxylic acids is 1. The van der Waals surface area contributed by atoms with E-state index in [1.807, 2.05) is 0 Å². The zero-order chi connectivity index (χ0) is 15.0. The van der Waals surface area contributed by atoms with Crippen LogP contribution < -0.4 is 0 Å². The first-order valence-electron chi connectivity index (χ1n) is 7.10. The highest BCUT2D eigenvalue weighted by Crippen LogP contribution is 2.65. The molecule has 2 N–H and O–H groups in total. The van der Waals surface area contributed by atoms with Gasteiger partial charge in [0.05, 0.1) is 11.7 Å². The van der Waals surface area contributed by atoms with E-state index in [2.05, 4.69) is 25.8 Å². The topological polar surface area (TPSA) is 70.4 Å². The van der Waals surface area contributed by atoms with Crippen molar-refractivity contribution < 1.29 is 15.0 Å². The maximum Gasteiger partial charge on any atom is 0.337 e. The Balaban J connectivity index is 0.000000151. The monoisotopic (exact) mass is 277 g/mol. The number of pyridine rings is 1. The smallest absolute Gasteiger partial charge is 0.337 e. The molecule has 3 unspecified atom stereocenters. The third-order valence-electron chi connectivity index (χ3n) is 5.66. The van der Waals surface area contributed by atoms with Crippen molar-refractivity contribution in [2.45, 2.75) is 46.1 Å². The second-order valence-corrected chi connectivity index (χ2v) is 6.67. The van der Waals surface area contributed by atoms with Crippen LogP contribution in [-0.4, -0.2) is 27.3 Å². The number of carbonyl (C=O) groups is 1. The van der Waals surface area contributed by atoms with Crippen molar-refractivity contribution in [3.8, 4) is 0 Å². The third kappa shape index (κ3) is 2.33. The number of aliphatic hydroxyl groups excluding tert-OH is 1. The van der Waals surface area contributed by atoms with Gasteiger partial charge in [-0.3, -0.25) is 4.98 Å². The highest BCUT2D eigenvalue weighted by Gasteiger charge is 2.60. The molecule has 2 bridgehead atoms. The van der Waals surface area contributed by atoms with E-state index in [9.17, 15) is 9.90 Å². The number of hydrogen-bond acceptors (Lipinski definition) is 3. The molecule has 2 aliphatic carbocycles. The van der Waals surface area contributed by atoms with E-state index in [1.54, 1.807) is 6.07 Å². The number of carboxylic acid groups (broad SMARTS) is 1. The van der Waals surface area contributed by atoms with E-state index in [1.165, 1.54) is 31.3 Å². The van der Waals surface area contributed by atoms with Crippen molar-refractivity contribution in [2.75, 3.05) is 0 Å². The minimum absolute atomic E-state index is 0.0313. The normalized spacial score (nSPS) is 33.4. The number of aliphatic hydroxyl groups is 1. The SMILES string of the molecule is CC1(C)C2CCC1(C)C(O)C2.O=C(O)c1cccnc1. The lowest BCUT2D eigenvalue weighted by molar-refractivity contribution is 0.0126. The van der Waals surface area contributed by atoms with Crippen LogP contribution in [0.2, 0.25) is 0 Å². The second-order valence-electron chi connectivity index (χ2n) is 6.67. The average molecular weight is 277 g/mol. The molecule has 0 radical (unpaired) electrons. The third-order valence-corrected chi connectivity index (χ3v) is 5.66. The first-order valence-corrected chi connectivity index (χ1v) is 7.10. The van der Waals surface area contributed by atoms with Gasteiger partial charge in [-0.2, -0.15) is 0 Å². The van der Waals surface area contributed by atoms with Crippen LogP contribution in [0.4, 0.5) is 0 Å². The standard InChI is InChI=1S/C10H18O.C6H5NO2/c1-9(2)7-4-5-10(9,3)8(11)6-7;8-6(9)5-2-1-3-7-4-5/h7-8,11H,4-6H2,1-3H3;1-4H,(H,8,9). The molecule has 0 spiro atoms. The summed E-state index contributed by atoms with van der Waals surface area (Å²) in [4.78, 5) is 13.8. The van der Waals surface area contributed by atoms with Crippen molar-refractivity contribution in [1.82, 2.24) is 4.98 Å². The second kappa shape index (κ2) is 5.17. The van der Waals surface area contributed by atoms with Crippen LogP contribution in [0.15, 0.2) is 24.5 Å². The minimum Gasteiger partial charge on any atom is -0.478 e. The van der Waals surface area contributed by atoms with Crippen LogP contribution in [0.1, 0.15) is 50.4 Å². The van der Waals surface area contributed by atoms with Crippen LogP contribution in [0, 0.1) is 16.7 Å². The molecule has 2 saturated carbocycles. The quantitative estimate of drug-likeness (QED) is 0.828. The Morgan fingerprint density at radius 1 is 1.40 bits per heavy atom. The summed E-state index contributed by atoms with van der Waals surface area (Å²) in [7, 11) is 0. The van der Waals surface area contributed by atoms with Gasteiger partial charge < -0.3 is 10.2 Å². The van der Waals surface area contributed by atoms with E-state index in [-0.39, 0.29) is 17.1 Å². The first kappa shape index (κ1) is 15.0. The van der Waals surface area contributed by atoms with Gasteiger partial charge in [0.15, 0.2) is 0 Å². The van der Waals surface area contributed by atoms with Gasteiger partial charge >= 0.3 is 5.97 Å². The van der Waals surface area contributed by atoms with E-state index in [0.717, 1.165) is 12.3 Å². The number of aromatic nitrogens is 1. The van der Waals surface area contributed by atoms with Gasteiger partial charge in [-0.25, -0.2) is 4.79 Å². The maximum absolute atomic E-state index is 10.2. The highest BCUT2D eigenvalue weighted by molar-refractivity contribution is 5.86. The molecule has 20 heavy (non-hydrogen) atoms. The highest BCUT2D eigenvalue weighted by atomic mass is 16.4. The summed E-state index contributed by atoms with van der Waals surface area (Å²) in [5.74, 6) is -0.161. The molecular weight excluding hydrogens is 254 g/mol. The summed E-state index contributed by atoms with van der Waals surface area (Å²) in [5, 5.41) is 18.2. The molecule has 4 nitrogen and oxygen atoms in total. The Kier molecular flexibility index (Phi) is 3.87. The van der Waals surface area contributed by atoms with Gasteiger partial charge in [-0.1, -0.05) is 20.8 Å². The predicted molar refractivity (Wildman–Crippen MR) is 76.4 cm³/mol. The predicted octanol–water partition coefficient (Wildman–Crippen LogP) is 2.97. The summed E-state index contributed by atoms with van der Waals surface area (Å²) in [6.07, 6.45) is 6.42. The van der Waals surface area contributed by atoms with E-state index < -0.39 is 5.97 Å². The fraction of sp³-hybridized carbons (Fsp3) is 0.625. The van der Waals surface area contributed by atoms with Crippen molar-refractivity contribution in [3.63, 3.8) is 0 Å². The minimum atomic E-state index is -0.942. The number of nitrogens with zero attached hydrogens (tertiary/aromatic N) is 1. The lowest BCUT2D eigenvalue weighted by Gasteiger charge is -2.36. The molecule has 1 aromatic heterocycles. The van der Waals surface area contributed by atoms with Crippen molar-refractivity contribution in [2.24, 2.45) is 16.7 Å². The van der Waals surface area contributed by atoms with Crippen LogP contribution >= 0.6 is 0 Å². The number of carboxylic acids is 1. The molecule has 0 saturated heterocycles. The molecule has 0 amide bonds. The van der Waals surface area contributed by atoms with E-state index in [0.29, 0.717) is 5.41 Å². The summed E-state index contributed by atoms with van der Waals surface area (Å²) < 4.78 is 0. The molecule has 1 heterocycles. The van der Waals surface area contributed by atoms with Gasteiger partial charge in [0, 0.05) is 12.4 Å². The largest absolute Gasteiger partial charge is 0.478 e. The molecule has 1 aromatic rings. The summed E-state index contributed by atoms with van der Waals surface area (Å²) >= 11 is 0. The van der Waals surface area contributed by atoms with Gasteiger partial charge in [-0.05, 0) is 48.1 Å². The van der Waals surface area contributed by atoms with E-state index in [4.69, 9.17) is 5.11 Å². The zero-order valence-corrected chi connectivity index (χ0v) is 12.3. The average Bonchev–Trinajstić information content (AvgIpc) is 2.73. The van der Waals surface area contributed by atoms with Gasteiger partial charge in [0.2, 0.25) is 0 Å². The number of hydrogen-bond donors (Lipinski definition) is 2. The number of rotatable bonds is 1. The van der Waals surface area contributed by atoms with Crippen molar-refractivity contribution >= 4 is 5.97 Å². The van der Waals surface area contributed by atoms with Crippen LogP contribution in [0.3, 0.4) is 0 Å². The van der Waals surface area contributed by atoms with Crippen molar-refractivity contribution in [1.29, 1.82) is 0 Å². The Morgan fingerprint density at radius 2 is 2.10 bits per heavy atom. The summed E-state index contributed by atoms with van der Waals surface area (Å²) in [5.41, 5.74) is 0.821. The Labute approximate surface area is 119 Å².